The Labute approximate surface area is 113 Å². The quantitative estimate of drug-likeness (QED) is 0.863. The van der Waals surface area contributed by atoms with Gasteiger partial charge in [0, 0.05) is 12.2 Å². The highest BCUT2D eigenvalue weighted by Crippen LogP contribution is 2.24. The van der Waals surface area contributed by atoms with E-state index in [9.17, 15) is 4.79 Å². The van der Waals surface area contributed by atoms with E-state index in [1.807, 2.05) is 25.1 Å². The predicted octanol–water partition coefficient (Wildman–Crippen LogP) is 1.45. The van der Waals surface area contributed by atoms with E-state index in [4.69, 9.17) is 15.2 Å². The van der Waals surface area contributed by atoms with Gasteiger partial charge in [0.15, 0.2) is 0 Å². The smallest absolute Gasteiger partial charge is 0.253 e. The van der Waals surface area contributed by atoms with Crippen LogP contribution in [0.5, 0.6) is 5.75 Å². The highest BCUT2D eigenvalue weighted by molar-refractivity contribution is 5.95. The molecular weight excluding hydrogens is 244 g/mol. The van der Waals surface area contributed by atoms with E-state index in [1.165, 1.54) is 0 Å². The molecular formula is C14H20N2O3. The molecule has 0 unspecified atom stereocenters. The molecule has 0 spiro atoms. The SMILES string of the molecule is COc1ccc(NC(=O)[C@@H]2CC[C@H](CN)O2)c(C)c1. The fourth-order valence-electron chi connectivity index (χ4n) is 2.19. The van der Waals surface area contributed by atoms with Crippen LogP contribution in [-0.4, -0.2) is 31.8 Å². The number of rotatable bonds is 4. The van der Waals surface area contributed by atoms with Gasteiger partial charge in [-0.05, 0) is 43.5 Å². The van der Waals surface area contributed by atoms with Gasteiger partial charge in [-0.1, -0.05) is 0 Å². The van der Waals surface area contributed by atoms with Crippen LogP contribution in [0.1, 0.15) is 18.4 Å². The fraction of sp³-hybridized carbons (Fsp3) is 0.500. The molecule has 1 heterocycles. The summed E-state index contributed by atoms with van der Waals surface area (Å²) >= 11 is 0. The van der Waals surface area contributed by atoms with E-state index in [-0.39, 0.29) is 12.0 Å². The molecule has 1 saturated heterocycles. The van der Waals surface area contributed by atoms with E-state index in [0.29, 0.717) is 6.54 Å². The number of ether oxygens (including phenoxy) is 2. The standard InChI is InChI=1S/C14H20N2O3/c1-9-7-10(18-2)3-5-12(9)16-14(17)13-6-4-11(8-15)19-13/h3,5,7,11,13H,4,6,8,15H2,1-2H3,(H,16,17)/t11-,13+/m1/s1. The van der Waals surface area contributed by atoms with Crippen LogP contribution in [0, 0.1) is 6.92 Å². The number of anilines is 1. The highest BCUT2D eigenvalue weighted by Gasteiger charge is 2.29. The zero-order valence-corrected chi connectivity index (χ0v) is 11.3. The van der Waals surface area contributed by atoms with Gasteiger partial charge in [0.2, 0.25) is 0 Å². The Balaban J connectivity index is 1.99. The van der Waals surface area contributed by atoms with Crippen molar-refractivity contribution in [2.45, 2.75) is 32.0 Å². The van der Waals surface area contributed by atoms with E-state index < -0.39 is 6.10 Å². The average molecular weight is 264 g/mol. The summed E-state index contributed by atoms with van der Waals surface area (Å²) < 4.78 is 10.7. The molecule has 104 valence electrons. The Kier molecular flexibility index (Phi) is 4.39. The predicted molar refractivity (Wildman–Crippen MR) is 73.3 cm³/mol. The van der Waals surface area contributed by atoms with Crippen molar-refractivity contribution in [2.75, 3.05) is 19.0 Å². The Morgan fingerprint density at radius 3 is 2.89 bits per heavy atom. The Hall–Kier alpha value is -1.59. The minimum Gasteiger partial charge on any atom is -0.497 e. The first-order chi connectivity index (χ1) is 9.13. The fourth-order valence-corrected chi connectivity index (χ4v) is 2.19. The zero-order valence-electron chi connectivity index (χ0n) is 11.3. The molecule has 0 saturated carbocycles. The third-order valence-corrected chi connectivity index (χ3v) is 3.35. The summed E-state index contributed by atoms with van der Waals surface area (Å²) in [5.41, 5.74) is 7.28. The van der Waals surface area contributed by atoms with Crippen molar-refractivity contribution in [3.8, 4) is 5.75 Å². The molecule has 1 aromatic rings. The first kappa shape index (κ1) is 13.8. The van der Waals surface area contributed by atoms with Gasteiger partial charge in [0.1, 0.15) is 11.9 Å². The van der Waals surface area contributed by atoms with Crippen molar-refractivity contribution in [3.05, 3.63) is 23.8 Å². The Morgan fingerprint density at radius 2 is 2.32 bits per heavy atom. The maximum atomic E-state index is 12.1. The normalized spacial score (nSPS) is 22.3. The van der Waals surface area contributed by atoms with Crippen molar-refractivity contribution >= 4 is 11.6 Å². The third kappa shape index (κ3) is 3.24. The van der Waals surface area contributed by atoms with Gasteiger partial charge >= 0.3 is 0 Å². The summed E-state index contributed by atoms with van der Waals surface area (Å²) in [6, 6.07) is 5.54. The molecule has 2 rings (SSSR count). The van der Waals surface area contributed by atoms with E-state index in [1.54, 1.807) is 7.11 Å². The summed E-state index contributed by atoms with van der Waals surface area (Å²) in [6.45, 7) is 2.39. The van der Waals surface area contributed by atoms with Crippen LogP contribution in [0.15, 0.2) is 18.2 Å². The van der Waals surface area contributed by atoms with Crippen molar-refractivity contribution in [2.24, 2.45) is 5.73 Å². The largest absolute Gasteiger partial charge is 0.497 e. The van der Waals surface area contributed by atoms with Gasteiger partial charge < -0.3 is 20.5 Å². The Bertz CT molecular complexity index is 462. The second-order valence-corrected chi connectivity index (χ2v) is 4.73. The summed E-state index contributed by atoms with van der Waals surface area (Å²) in [5, 5.41) is 2.89. The first-order valence-corrected chi connectivity index (χ1v) is 6.45. The molecule has 3 N–H and O–H groups in total. The molecule has 0 aliphatic carbocycles. The van der Waals surface area contributed by atoms with Gasteiger partial charge in [-0.15, -0.1) is 0 Å². The lowest BCUT2D eigenvalue weighted by atomic mass is 10.1. The van der Waals surface area contributed by atoms with Crippen molar-refractivity contribution < 1.29 is 14.3 Å². The number of nitrogens with two attached hydrogens (primary N) is 1. The van der Waals surface area contributed by atoms with Crippen molar-refractivity contribution in [1.29, 1.82) is 0 Å². The highest BCUT2D eigenvalue weighted by atomic mass is 16.5. The molecule has 1 amide bonds. The van der Waals surface area contributed by atoms with Gasteiger partial charge in [-0.3, -0.25) is 4.79 Å². The van der Waals surface area contributed by atoms with E-state index in [2.05, 4.69) is 5.32 Å². The van der Waals surface area contributed by atoms with Gasteiger partial charge in [0.25, 0.3) is 5.91 Å². The van der Waals surface area contributed by atoms with Crippen LogP contribution in [0.3, 0.4) is 0 Å². The minimum atomic E-state index is -0.393. The Morgan fingerprint density at radius 1 is 1.53 bits per heavy atom. The maximum Gasteiger partial charge on any atom is 0.253 e. The summed E-state index contributed by atoms with van der Waals surface area (Å²) in [5.74, 6) is 0.667. The molecule has 0 bridgehead atoms. The molecule has 5 nitrogen and oxygen atoms in total. The van der Waals surface area contributed by atoms with Crippen molar-refractivity contribution in [3.63, 3.8) is 0 Å². The number of benzene rings is 1. The number of hydrogen-bond donors (Lipinski definition) is 2. The van der Waals surface area contributed by atoms with Crippen LogP contribution in [0.25, 0.3) is 0 Å². The van der Waals surface area contributed by atoms with Crippen LogP contribution >= 0.6 is 0 Å². The molecule has 2 atom stereocenters. The summed E-state index contributed by atoms with van der Waals surface area (Å²) in [4.78, 5) is 12.1. The van der Waals surface area contributed by atoms with Gasteiger partial charge in [0.05, 0.1) is 13.2 Å². The number of carbonyl (C=O) groups excluding carboxylic acids is 1. The average Bonchev–Trinajstić information content (AvgIpc) is 2.90. The van der Waals surface area contributed by atoms with Gasteiger partial charge in [-0.25, -0.2) is 0 Å². The minimum absolute atomic E-state index is 0.00714. The van der Waals surface area contributed by atoms with Gasteiger partial charge in [-0.2, -0.15) is 0 Å². The van der Waals surface area contributed by atoms with Crippen LogP contribution in [0.2, 0.25) is 0 Å². The molecule has 0 radical (unpaired) electrons. The molecule has 5 heteroatoms. The number of hydrogen-bond acceptors (Lipinski definition) is 4. The van der Waals surface area contributed by atoms with E-state index >= 15 is 0 Å². The molecule has 19 heavy (non-hydrogen) atoms. The topological polar surface area (TPSA) is 73.6 Å². The molecule has 0 aromatic heterocycles. The van der Waals surface area contributed by atoms with Crippen LogP contribution < -0.4 is 15.8 Å². The number of carbonyl (C=O) groups is 1. The second kappa shape index (κ2) is 6.04. The molecule has 1 fully saturated rings. The number of methoxy groups -OCH3 is 1. The van der Waals surface area contributed by atoms with Crippen LogP contribution in [-0.2, 0) is 9.53 Å². The molecule has 1 aliphatic rings. The third-order valence-electron chi connectivity index (χ3n) is 3.35. The maximum absolute atomic E-state index is 12.1. The lowest BCUT2D eigenvalue weighted by molar-refractivity contribution is -0.126. The first-order valence-electron chi connectivity index (χ1n) is 6.45. The number of nitrogens with one attached hydrogen (secondary N) is 1. The van der Waals surface area contributed by atoms with E-state index in [0.717, 1.165) is 29.8 Å². The van der Waals surface area contributed by atoms with Crippen molar-refractivity contribution in [1.82, 2.24) is 0 Å². The molecule has 1 aromatic carbocycles. The zero-order chi connectivity index (χ0) is 13.8. The number of amides is 1. The van der Waals surface area contributed by atoms with Crippen LogP contribution in [0.4, 0.5) is 5.69 Å². The lowest BCUT2D eigenvalue weighted by Crippen LogP contribution is -2.30. The monoisotopic (exact) mass is 264 g/mol. The lowest BCUT2D eigenvalue weighted by Gasteiger charge is -2.14. The summed E-state index contributed by atoms with van der Waals surface area (Å²) in [6.07, 6.45) is 1.18. The number of aryl methyl sites for hydroxylation is 1. The summed E-state index contributed by atoms with van der Waals surface area (Å²) in [7, 11) is 1.62. The second-order valence-electron chi connectivity index (χ2n) is 4.73. The molecule has 1 aliphatic heterocycles.